The number of nitrogens with one attached hydrogen (secondary N) is 2. The molecule has 0 saturated heterocycles. The minimum Gasteiger partial charge on any atom is -0.496 e. The quantitative estimate of drug-likeness (QED) is 0.203. The van der Waals surface area contributed by atoms with Crippen LogP contribution in [0.15, 0.2) is 41.5 Å². The van der Waals surface area contributed by atoms with Gasteiger partial charge in [-0.15, -0.1) is 10.2 Å². The average Bonchev–Trinajstić information content (AvgIpc) is 3.50. The summed E-state index contributed by atoms with van der Waals surface area (Å²) in [7, 11) is 1.31. The summed E-state index contributed by atoms with van der Waals surface area (Å²) in [5, 5.41) is 17.6. The number of aromatic amines is 1. The van der Waals surface area contributed by atoms with Crippen LogP contribution in [-0.2, 0) is 6.18 Å². The lowest BCUT2D eigenvalue weighted by Gasteiger charge is -2.15. The van der Waals surface area contributed by atoms with E-state index in [1.54, 1.807) is 6.07 Å². The smallest absolute Gasteiger partial charge is 0.416 e. The van der Waals surface area contributed by atoms with Gasteiger partial charge in [-0.3, -0.25) is 15.2 Å². The van der Waals surface area contributed by atoms with Crippen molar-refractivity contribution in [2.75, 3.05) is 12.4 Å². The van der Waals surface area contributed by atoms with E-state index in [-0.39, 0.29) is 33.4 Å². The van der Waals surface area contributed by atoms with E-state index in [1.807, 2.05) is 6.92 Å². The van der Waals surface area contributed by atoms with Crippen molar-refractivity contribution in [3.63, 3.8) is 0 Å². The summed E-state index contributed by atoms with van der Waals surface area (Å²) in [6.45, 7) is 1.84. The highest BCUT2D eigenvalue weighted by atomic mass is 32.1. The first kappa shape index (κ1) is 25.3. The number of rotatable bonds is 5. The number of aryl methyl sites for hydroxylation is 1. The highest BCUT2D eigenvalue weighted by Crippen LogP contribution is 2.39. The molecule has 0 fully saturated rings. The molecule has 37 heavy (non-hydrogen) atoms. The number of alkyl halides is 3. The lowest BCUT2D eigenvalue weighted by molar-refractivity contribution is -0.137. The molecule has 3 heterocycles. The van der Waals surface area contributed by atoms with Crippen LogP contribution in [-0.4, -0.2) is 44.7 Å². The van der Waals surface area contributed by atoms with Gasteiger partial charge in [-0.25, -0.2) is 9.98 Å². The largest absolute Gasteiger partial charge is 0.496 e. The summed E-state index contributed by atoms with van der Waals surface area (Å²) in [6.07, 6.45) is -2.41. The zero-order valence-electron chi connectivity index (χ0n) is 19.2. The number of amides is 1. The third-order valence-electron chi connectivity index (χ3n) is 4.81. The number of nitrogens with two attached hydrogens (primary N) is 1. The first-order valence-corrected chi connectivity index (χ1v) is 11.2. The summed E-state index contributed by atoms with van der Waals surface area (Å²) < 4.78 is 45.5. The normalized spacial score (nSPS) is 11.3. The first-order chi connectivity index (χ1) is 17.7. The number of aromatic nitrogens is 5. The van der Waals surface area contributed by atoms with Crippen LogP contribution in [0, 0.1) is 18.8 Å². The molecule has 3 aromatic heterocycles. The molecule has 0 atom stereocenters. The second-order valence-electron chi connectivity index (χ2n) is 7.33. The number of methoxy groups -OCH3 is 1. The molecule has 4 rings (SSSR count). The maximum atomic E-state index is 13.4. The predicted octanol–water partition coefficient (Wildman–Crippen LogP) is 3.93. The van der Waals surface area contributed by atoms with Gasteiger partial charge in [0, 0.05) is 23.0 Å². The number of nitrogens with zero attached hydrogens (tertiary/aromatic N) is 5. The van der Waals surface area contributed by atoms with Crippen LogP contribution in [0.1, 0.15) is 32.3 Å². The van der Waals surface area contributed by atoms with Crippen LogP contribution in [0.25, 0.3) is 11.1 Å². The Bertz CT molecular complexity index is 1550. The van der Waals surface area contributed by atoms with Crippen LogP contribution in [0.5, 0.6) is 5.75 Å². The van der Waals surface area contributed by atoms with E-state index in [4.69, 9.17) is 10.5 Å². The molecular weight excluding hydrogens is 509 g/mol. The topological polar surface area (TPSA) is 144 Å². The van der Waals surface area contributed by atoms with Gasteiger partial charge in [0.05, 0.1) is 24.6 Å². The van der Waals surface area contributed by atoms with Crippen molar-refractivity contribution in [2.45, 2.75) is 13.1 Å². The van der Waals surface area contributed by atoms with Crippen molar-refractivity contribution < 1.29 is 22.7 Å². The Balaban J connectivity index is 1.70. The Labute approximate surface area is 211 Å². The van der Waals surface area contributed by atoms with Gasteiger partial charge in [0.15, 0.2) is 10.8 Å². The molecule has 0 aliphatic heterocycles. The van der Waals surface area contributed by atoms with Gasteiger partial charge >= 0.3 is 6.18 Å². The standard InChI is InChI=1S/C23H17F3N8O2S/c1-12-7-14(32-31-12)4-6-20-33-34-22(37-20)30-21(35)16-9-19(29-11-27)28-10-17(16)15-8-13(23(24,25)26)3-5-18(15)36-2/h3,5,7-11H,1-2H3,(H,31,32)(H2,27,28,29)(H,30,34,35). The molecule has 0 saturated carbocycles. The average molecular weight is 527 g/mol. The van der Waals surface area contributed by atoms with E-state index in [1.165, 1.54) is 25.4 Å². The van der Waals surface area contributed by atoms with E-state index in [2.05, 4.69) is 47.5 Å². The Morgan fingerprint density at radius 3 is 2.70 bits per heavy atom. The molecule has 0 aliphatic rings. The van der Waals surface area contributed by atoms with Gasteiger partial charge < -0.3 is 10.5 Å². The van der Waals surface area contributed by atoms with Crippen LogP contribution in [0.3, 0.4) is 0 Å². The fourth-order valence-corrected chi connectivity index (χ4v) is 3.77. The van der Waals surface area contributed by atoms with Gasteiger partial charge in [-0.2, -0.15) is 18.3 Å². The Morgan fingerprint density at radius 2 is 2.03 bits per heavy atom. The van der Waals surface area contributed by atoms with Crippen LogP contribution in [0.4, 0.5) is 24.1 Å². The lowest BCUT2D eigenvalue weighted by atomic mass is 9.98. The number of carbonyl (C=O) groups is 1. The Kier molecular flexibility index (Phi) is 7.16. The van der Waals surface area contributed by atoms with Crippen molar-refractivity contribution in [3.8, 4) is 28.7 Å². The monoisotopic (exact) mass is 526 g/mol. The fraction of sp³-hybridized carbons (Fsp3) is 0.130. The lowest BCUT2D eigenvalue weighted by Crippen LogP contribution is -2.14. The minimum absolute atomic E-state index is 0.0105. The number of H-pyrrole nitrogens is 1. The van der Waals surface area contributed by atoms with Crippen molar-refractivity contribution in [3.05, 3.63) is 64.1 Å². The van der Waals surface area contributed by atoms with Gasteiger partial charge in [-0.05, 0) is 49.1 Å². The highest BCUT2D eigenvalue weighted by Gasteiger charge is 2.32. The van der Waals surface area contributed by atoms with Crippen molar-refractivity contribution >= 4 is 34.5 Å². The number of halogens is 3. The summed E-state index contributed by atoms with van der Waals surface area (Å²) in [5.74, 6) is 5.12. The zero-order chi connectivity index (χ0) is 26.6. The first-order valence-electron chi connectivity index (χ1n) is 10.4. The molecule has 0 unspecified atom stereocenters. The number of aliphatic imine (C=N–C) groups is 1. The number of hydrogen-bond acceptors (Lipinski definition) is 8. The molecule has 1 amide bonds. The second kappa shape index (κ2) is 10.5. The van der Waals surface area contributed by atoms with E-state index in [0.29, 0.717) is 10.7 Å². The number of ether oxygens (including phenoxy) is 1. The molecule has 14 heteroatoms. The fourth-order valence-electron chi connectivity index (χ4n) is 3.18. The SMILES string of the molecule is COc1ccc(C(F)(F)F)cc1-c1cnc(N=CN)cc1C(=O)Nc1nnc(C#Cc2cc(C)[nH]n2)s1. The third-order valence-corrected chi connectivity index (χ3v) is 5.56. The molecule has 0 bridgehead atoms. The maximum absolute atomic E-state index is 13.4. The van der Waals surface area contributed by atoms with E-state index >= 15 is 0 Å². The molecule has 1 aromatic carbocycles. The van der Waals surface area contributed by atoms with Crippen LogP contribution in [0.2, 0.25) is 0 Å². The van der Waals surface area contributed by atoms with E-state index in [9.17, 15) is 18.0 Å². The molecule has 0 aliphatic carbocycles. The third kappa shape index (κ3) is 5.90. The van der Waals surface area contributed by atoms with Crippen LogP contribution >= 0.6 is 11.3 Å². The number of hydrogen-bond donors (Lipinski definition) is 3. The van der Waals surface area contributed by atoms with E-state index in [0.717, 1.165) is 35.5 Å². The molecule has 4 aromatic rings. The van der Waals surface area contributed by atoms with Gasteiger partial charge in [-0.1, -0.05) is 11.3 Å². The Hall–Kier alpha value is -4.77. The molecular formula is C23H17F3N8O2S. The summed E-state index contributed by atoms with van der Waals surface area (Å²) in [6, 6.07) is 5.98. The number of pyridine rings is 1. The molecule has 10 nitrogen and oxygen atoms in total. The van der Waals surface area contributed by atoms with Crippen molar-refractivity contribution in [1.29, 1.82) is 0 Å². The summed E-state index contributed by atoms with van der Waals surface area (Å²) >= 11 is 1.01. The second-order valence-corrected chi connectivity index (χ2v) is 8.31. The van der Waals surface area contributed by atoms with Gasteiger partial charge in [0.25, 0.3) is 5.91 Å². The molecule has 0 spiro atoms. The van der Waals surface area contributed by atoms with Crippen molar-refractivity contribution in [2.24, 2.45) is 10.7 Å². The zero-order valence-corrected chi connectivity index (χ0v) is 20.0. The Morgan fingerprint density at radius 1 is 1.22 bits per heavy atom. The number of benzene rings is 1. The van der Waals surface area contributed by atoms with Gasteiger partial charge in [0.1, 0.15) is 11.4 Å². The molecule has 4 N–H and O–H groups in total. The summed E-state index contributed by atoms with van der Waals surface area (Å²) in [4.78, 5) is 21.2. The van der Waals surface area contributed by atoms with Crippen LogP contribution < -0.4 is 15.8 Å². The van der Waals surface area contributed by atoms with E-state index < -0.39 is 17.6 Å². The predicted molar refractivity (Wildman–Crippen MR) is 131 cm³/mol. The molecule has 0 radical (unpaired) electrons. The number of carbonyl (C=O) groups excluding carboxylic acids is 1. The minimum atomic E-state index is -4.61. The maximum Gasteiger partial charge on any atom is 0.416 e. The summed E-state index contributed by atoms with van der Waals surface area (Å²) in [5.41, 5.74) is 5.83. The van der Waals surface area contributed by atoms with Crippen molar-refractivity contribution in [1.82, 2.24) is 25.4 Å². The molecule has 188 valence electrons. The highest BCUT2D eigenvalue weighted by molar-refractivity contribution is 7.15. The van der Waals surface area contributed by atoms with Gasteiger partial charge in [0.2, 0.25) is 5.13 Å². The number of anilines is 1.